The van der Waals surface area contributed by atoms with E-state index in [1.807, 2.05) is 0 Å². The van der Waals surface area contributed by atoms with Gasteiger partial charge >= 0.3 is 5.97 Å². The zero-order valence-electron chi connectivity index (χ0n) is 16.3. The first-order valence-corrected chi connectivity index (χ1v) is 9.17. The van der Waals surface area contributed by atoms with Crippen molar-refractivity contribution in [2.24, 2.45) is 0 Å². The zero-order valence-corrected chi connectivity index (χ0v) is 16.3. The number of furan rings is 1. The summed E-state index contributed by atoms with van der Waals surface area (Å²) in [6.07, 6.45) is 1.43. The van der Waals surface area contributed by atoms with Gasteiger partial charge in [0.05, 0.1) is 32.3 Å². The van der Waals surface area contributed by atoms with Crippen LogP contribution in [-0.2, 0) is 0 Å². The van der Waals surface area contributed by atoms with Gasteiger partial charge in [-0.2, -0.15) is 0 Å². The number of aromatic amines is 1. The Morgan fingerprint density at radius 2 is 1.97 bits per heavy atom. The van der Waals surface area contributed by atoms with Crippen LogP contribution in [0.2, 0.25) is 0 Å². The number of carbonyl (C=O) groups is 1. The molecular formula is C22H15N3O7. The Hall–Kier alpha value is -4.86. The molecule has 0 spiro atoms. The molecule has 0 unspecified atom stereocenters. The summed E-state index contributed by atoms with van der Waals surface area (Å²) in [6, 6.07) is 12.4. The van der Waals surface area contributed by atoms with Crippen LogP contribution in [0.3, 0.4) is 0 Å². The molecule has 4 aromatic rings. The van der Waals surface area contributed by atoms with E-state index in [0.717, 1.165) is 4.68 Å². The van der Waals surface area contributed by atoms with Crippen molar-refractivity contribution >= 4 is 24.3 Å². The number of nitro benzene ring substituents is 1. The van der Waals surface area contributed by atoms with Crippen LogP contribution in [0.4, 0.5) is 5.69 Å². The Labute approximate surface area is 178 Å². The molecule has 2 heterocycles. The summed E-state index contributed by atoms with van der Waals surface area (Å²) >= 11 is 0. The van der Waals surface area contributed by atoms with E-state index in [9.17, 15) is 24.8 Å². The predicted octanol–water partition coefficient (Wildman–Crippen LogP) is 1.98. The lowest BCUT2D eigenvalue weighted by atomic mass is 10.1. The standard InChI is InChI=1S/C22H15N3O7/c1-12-17(21(27)24(23-12)14-4-2-3-13(9-14)22(28)29)11-16-6-8-20(32-16)18-10-15(25(30)31)5-7-19(18)26/h2-11,23,26H,1H2,(H,28,29)/b17-11-. The molecular weight excluding hydrogens is 418 g/mol. The lowest BCUT2D eigenvalue weighted by Crippen LogP contribution is -2.33. The number of rotatable bonds is 5. The molecule has 10 nitrogen and oxygen atoms in total. The minimum absolute atomic E-state index is 0.0209. The van der Waals surface area contributed by atoms with E-state index in [0.29, 0.717) is 5.69 Å². The van der Waals surface area contributed by atoms with Crippen LogP contribution >= 0.6 is 0 Å². The fourth-order valence-electron chi connectivity index (χ4n) is 3.16. The monoisotopic (exact) mass is 433 g/mol. The summed E-state index contributed by atoms with van der Waals surface area (Å²) in [5.74, 6) is -0.899. The third-order valence-corrected chi connectivity index (χ3v) is 4.73. The normalized spacial score (nSPS) is 11.6. The van der Waals surface area contributed by atoms with E-state index >= 15 is 0 Å². The van der Waals surface area contributed by atoms with Gasteiger partial charge in [-0.05, 0) is 42.5 Å². The van der Waals surface area contributed by atoms with Crippen LogP contribution < -0.4 is 16.1 Å². The van der Waals surface area contributed by atoms with Crippen molar-refractivity contribution in [2.45, 2.75) is 0 Å². The fraction of sp³-hybridized carbons (Fsp3) is 0. The molecule has 2 aromatic carbocycles. The minimum Gasteiger partial charge on any atom is -0.507 e. The number of aromatic hydroxyl groups is 1. The third-order valence-electron chi connectivity index (χ3n) is 4.73. The molecule has 0 amide bonds. The van der Waals surface area contributed by atoms with Gasteiger partial charge in [0.15, 0.2) is 0 Å². The molecule has 0 radical (unpaired) electrons. The first kappa shape index (κ1) is 20.4. The van der Waals surface area contributed by atoms with E-state index in [-0.39, 0.29) is 44.7 Å². The SMILES string of the molecule is C=c1[nH]n(-c2cccc(C(=O)O)c2)c(=O)/c1=C\c1ccc(-c2cc([N+](=O)[O-])ccc2O)o1. The number of phenolic OH excluding ortho intramolecular Hbond substituents is 1. The number of H-pyrrole nitrogens is 1. The van der Waals surface area contributed by atoms with Gasteiger partial charge < -0.3 is 14.6 Å². The van der Waals surface area contributed by atoms with Gasteiger partial charge in [0.25, 0.3) is 11.2 Å². The average Bonchev–Trinajstić information content (AvgIpc) is 3.34. The molecule has 2 aromatic heterocycles. The number of nitro groups is 1. The van der Waals surface area contributed by atoms with E-state index < -0.39 is 16.5 Å². The molecule has 0 bridgehead atoms. The Morgan fingerprint density at radius 3 is 2.69 bits per heavy atom. The van der Waals surface area contributed by atoms with E-state index in [4.69, 9.17) is 9.52 Å². The molecule has 0 fully saturated rings. The first-order chi connectivity index (χ1) is 15.2. The number of carboxylic acids is 1. The summed E-state index contributed by atoms with van der Waals surface area (Å²) < 4.78 is 6.82. The van der Waals surface area contributed by atoms with Crippen molar-refractivity contribution in [3.8, 4) is 22.8 Å². The van der Waals surface area contributed by atoms with Gasteiger partial charge in [0.1, 0.15) is 17.3 Å². The number of hydrogen-bond acceptors (Lipinski definition) is 6. The lowest BCUT2D eigenvalue weighted by molar-refractivity contribution is -0.384. The quantitative estimate of drug-likeness (QED) is 0.321. The number of hydrogen-bond donors (Lipinski definition) is 3. The van der Waals surface area contributed by atoms with Gasteiger partial charge in [-0.1, -0.05) is 12.6 Å². The number of benzene rings is 2. The molecule has 0 atom stereocenters. The average molecular weight is 433 g/mol. The van der Waals surface area contributed by atoms with Gasteiger partial charge in [0, 0.05) is 12.1 Å². The van der Waals surface area contributed by atoms with Crippen LogP contribution in [0.25, 0.3) is 29.7 Å². The fourth-order valence-corrected chi connectivity index (χ4v) is 3.16. The summed E-state index contributed by atoms with van der Waals surface area (Å²) in [5, 5.41) is 33.4. The lowest BCUT2D eigenvalue weighted by Gasteiger charge is -2.02. The number of non-ortho nitro benzene ring substituents is 1. The van der Waals surface area contributed by atoms with Crippen molar-refractivity contribution in [1.82, 2.24) is 9.78 Å². The summed E-state index contributed by atoms with van der Waals surface area (Å²) in [6.45, 7) is 3.81. The highest BCUT2D eigenvalue weighted by Crippen LogP contribution is 2.33. The smallest absolute Gasteiger partial charge is 0.335 e. The topological polar surface area (TPSA) is 152 Å². The maximum Gasteiger partial charge on any atom is 0.335 e. The van der Waals surface area contributed by atoms with Crippen molar-refractivity contribution in [3.05, 3.63) is 97.0 Å². The van der Waals surface area contributed by atoms with Crippen molar-refractivity contribution in [1.29, 1.82) is 0 Å². The van der Waals surface area contributed by atoms with Gasteiger partial charge in [0.2, 0.25) is 0 Å². The second kappa shape index (κ2) is 7.76. The second-order valence-corrected chi connectivity index (χ2v) is 6.80. The molecule has 4 rings (SSSR count). The highest BCUT2D eigenvalue weighted by Gasteiger charge is 2.15. The molecule has 0 saturated carbocycles. The number of phenols is 1. The summed E-state index contributed by atoms with van der Waals surface area (Å²) in [7, 11) is 0. The number of nitrogens with zero attached hydrogens (tertiary/aromatic N) is 2. The largest absolute Gasteiger partial charge is 0.507 e. The molecule has 0 aliphatic heterocycles. The van der Waals surface area contributed by atoms with Crippen LogP contribution in [0.1, 0.15) is 16.1 Å². The molecule has 10 heteroatoms. The van der Waals surface area contributed by atoms with Crippen molar-refractivity contribution in [2.75, 3.05) is 0 Å². The van der Waals surface area contributed by atoms with Crippen LogP contribution in [0, 0.1) is 10.1 Å². The van der Waals surface area contributed by atoms with E-state index in [1.165, 1.54) is 54.6 Å². The highest BCUT2D eigenvalue weighted by molar-refractivity contribution is 5.88. The molecule has 0 aliphatic rings. The van der Waals surface area contributed by atoms with Crippen molar-refractivity contribution < 1.29 is 24.3 Å². The first-order valence-electron chi connectivity index (χ1n) is 9.17. The number of aromatic nitrogens is 2. The Balaban J connectivity index is 1.77. The van der Waals surface area contributed by atoms with Crippen LogP contribution in [0.5, 0.6) is 5.75 Å². The minimum atomic E-state index is -1.12. The summed E-state index contributed by atoms with van der Waals surface area (Å²) in [5.41, 5.74) is -0.218. The van der Waals surface area contributed by atoms with Gasteiger partial charge in [-0.25, -0.2) is 9.48 Å². The molecule has 32 heavy (non-hydrogen) atoms. The van der Waals surface area contributed by atoms with E-state index in [1.54, 1.807) is 6.07 Å². The van der Waals surface area contributed by atoms with E-state index in [2.05, 4.69) is 11.7 Å². The Morgan fingerprint density at radius 1 is 1.19 bits per heavy atom. The molecule has 0 saturated heterocycles. The second-order valence-electron chi connectivity index (χ2n) is 6.80. The molecule has 0 aliphatic carbocycles. The maximum atomic E-state index is 12.9. The van der Waals surface area contributed by atoms with Crippen molar-refractivity contribution in [3.63, 3.8) is 0 Å². The third kappa shape index (κ3) is 3.67. The zero-order chi connectivity index (χ0) is 23.0. The number of nitrogens with one attached hydrogen (secondary N) is 1. The maximum absolute atomic E-state index is 12.9. The highest BCUT2D eigenvalue weighted by atomic mass is 16.6. The summed E-state index contributed by atoms with van der Waals surface area (Å²) in [4.78, 5) is 34.5. The Bertz CT molecular complexity index is 1540. The molecule has 3 N–H and O–H groups in total. The number of carboxylic acid groups (broad SMARTS) is 1. The Kier molecular flexibility index (Phi) is 4.95. The molecule has 160 valence electrons. The van der Waals surface area contributed by atoms with Gasteiger partial charge in [-0.3, -0.25) is 20.0 Å². The predicted molar refractivity (Wildman–Crippen MR) is 114 cm³/mol. The van der Waals surface area contributed by atoms with Crippen LogP contribution in [-0.4, -0.2) is 30.9 Å². The number of aromatic carboxylic acids is 1. The van der Waals surface area contributed by atoms with Gasteiger partial charge in [-0.15, -0.1) is 0 Å². The van der Waals surface area contributed by atoms with Crippen LogP contribution in [0.15, 0.2) is 63.8 Å².